The summed E-state index contributed by atoms with van der Waals surface area (Å²) >= 11 is 0. The fourth-order valence-electron chi connectivity index (χ4n) is 2.46. The van der Waals surface area contributed by atoms with Gasteiger partial charge >= 0.3 is 0 Å². The Morgan fingerprint density at radius 3 is 2.17 bits per heavy atom. The average Bonchev–Trinajstić information content (AvgIpc) is 2.70. The first-order valence-corrected chi connectivity index (χ1v) is 6.95. The maximum atomic E-state index is 5.83. The van der Waals surface area contributed by atoms with Gasteiger partial charge in [0.2, 0.25) is 0 Å². The van der Waals surface area contributed by atoms with Crippen molar-refractivity contribution in [2.75, 3.05) is 13.1 Å². The maximum absolute atomic E-state index is 5.83. The van der Waals surface area contributed by atoms with Crippen molar-refractivity contribution in [3.05, 3.63) is 23.7 Å². The van der Waals surface area contributed by atoms with Crippen LogP contribution >= 0.6 is 0 Å². The number of rotatable bonds is 7. The SMILES string of the molecule is Cc1ccc(C(CN)NCC(C(C)C)C(C)C)o1. The van der Waals surface area contributed by atoms with Crippen molar-refractivity contribution in [2.24, 2.45) is 23.5 Å². The molecule has 1 aromatic rings. The van der Waals surface area contributed by atoms with Crippen LogP contribution in [0.4, 0.5) is 0 Å². The molecule has 0 saturated carbocycles. The molecule has 3 nitrogen and oxygen atoms in total. The Kier molecular flexibility index (Phi) is 5.89. The molecule has 0 aliphatic heterocycles. The van der Waals surface area contributed by atoms with E-state index in [9.17, 15) is 0 Å². The van der Waals surface area contributed by atoms with Gasteiger partial charge < -0.3 is 15.5 Å². The minimum absolute atomic E-state index is 0.124. The first kappa shape index (κ1) is 15.3. The molecule has 1 atom stereocenters. The van der Waals surface area contributed by atoms with Gasteiger partial charge in [-0.25, -0.2) is 0 Å². The molecule has 0 saturated heterocycles. The maximum Gasteiger partial charge on any atom is 0.122 e. The van der Waals surface area contributed by atoms with Gasteiger partial charge in [0.1, 0.15) is 11.5 Å². The Labute approximate surface area is 111 Å². The molecule has 0 aliphatic rings. The highest BCUT2D eigenvalue weighted by Gasteiger charge is 2.20. The highest BCUT2D eigenvalue weighted by Crippen LogP contribution is 2.21. The summed E-state index contributed by atoms with van der Waals surface area (Å²) in [5, 5.41) is 3.54. The van der Waals surface area contributed by atoms with Crippen molar-refractivity contribution in [1.82, 2.24) is 5.32 Å². The second-order valence-corrected chi connectivity index (χ2v) is 5.80. The third-order valence-electron chi connectivity index (χ3n) is 3.65. The zero-order valence-electron chi connectivity index (χ0n) is 12.4. The smallest absolute Gasteiger partial charge is 0.122 e. The van der Waals surface area contributed by atoms with Gasteiger partial charge in [-0.15, -0.1) is 0 Å². The number of nitrogens with one attached hydrogen (secondary N) is 1. The van der Waals surface area contributed by atoms with Crippen LogP contribution in [0.1, 0.15) is 45.3 Å². The van der Waals surface area contributed by atoms with E-state index in [1.54, 1.807) is 0 Å². The summed E-state index contributed by atoms with van der Waals surface area (Å²) in [6.45, 7) is 12.6. The molecule has 0 fully saturated rings. The van der Waals surface area contributed by atoms with E-state index in [0.717, 1.165) is 18.1 Å². The van der Waals surface area contributed by atoms with Crippen molar-refractivity contribution in [3.8, 4) is 0 Å². The summed E-state index contributed by atoms with van der Waals surface area (Å²) in [4.78, 5) is 0. The lowest BCUT2D eigenvalue weighted by atomic mass is 9.85. The first-order chi connectivity index (χ1) is 8.45. The Hall–Kier alpha value is -0.800. The number of hydrogen-bond donors (Lipinski definition) is 2. The molecule has 0 spiro atoms. The van der Waals surface area contributed by atoms with Gasteiger partial charge in [0.25, 0.3) is 0 Å². The molecule has 104 valence electrons. The normalized spacial score (nSPS) is 13.8. The molecule has 18 heavy (non-hydrogen) atoms. The molecule has 1 unspecified atom stereocenters. The lowest BCUT2D eigenvalue weighted by Gasteiger charge is -2.27. The summed E-state index contributed by atoms with van der Waals surface area (Å²) in [5.74, 6) is 3.90. The van der Waals surface area contributed by atoms with Crippen molar-refractivity contribution < 1.29 is 4.42 Å². The zero-order chi connectivity index (χ0) is 13.7. The summed E-state index contributed by atoms with van der Waals surface area (Å²) in [6, 6.07) is 4.13. The van der Waals surface area contributed by atoms with Crippen LogP contribution in [0.15, 0.2) is 16.5 Å². The van der Waals surface area contributed by atoms with Crippen LogP contribution in [0.25, 0.3) is 0 Å². The highest BCUT2D eigenvalue weighted by atomic mass is 16.3. The molecule has 1 rings (SSSR count). The van der Waals surface area contributed by atoms with E-state index in [0.29, 0.717) is 24.3 Å². The van der Waals surface area contributed by atoms with Crippen LogP contribution in [0.5, 0.6) is 0 Å². The Morgan fingerprint density at radius 1 is 1.17 bits per heavy atom. The van der Waals surface area contributed by atoms with Crippen LogP contribution < -0.4 is 11.1 Å². The minimum atomic E-state index is 0.124. The van der Waals surface area contributed by atoms with Gasteiger partial charge in [0, 0.05) is 6.54 Å². The monoisotopic (exact) mass is 252 g/mol. The van der Waals surface area contributed by atoms with Crippen molar-refractivity contribution in [3.63, 3.8) is 0 Å². The van der Waals surface area contributed by atoms with Gasteiger partial charge in [-0.3, -0.25) is 0 Å². The van der Waals surface area contributed by atoms with Crippen LogP contribution in [0.2, 0.25) is 0 Å². The van der Waals surface area contributed by atoms with E-state index < -0.39 is 0 Å². The van der Waals surface area contributed by atoms with Crippen molar-refractivity contribution >= 4 is 0 Å². The van der Waals surface area contributed by atoms with Gasteiger partial charge in [0.15, 0.2) is 0 Å². The summed E-state index contributed by atoms with van der Waals surface area (Å²) in [6.07, 6.45) is 0. The van der Waals surface area contributed by atoms with E-state index in [1.807, 2.05) is 19.1 Å². The lowest BCUT2D eigenvalue weighted by Crippen LogP contribution is -2.35. The molecule has 0 bridgehead atoms. The molecule has 0 amide bonds. The van der Waals surface area contributed by atoms with E-state index >= 15 is 0 Å². The molecule has 3 N–H and O–H groups in total. The molecule has 1 heterocycles. The number of furan rings is 1. The quantitative estimate of drug-likeness (QED) is 0.784. The highest BCUT2D eigenvalue weighted by molar-refractivity contribution is 5.10. The van der Waals surface area contributed by atoms with Gasteiger partial charge in [-0.05, 0) is 43.4 Å². The van der Waals surface area contributed by atoms with Crippen LogP contribution in [0, 0.1) is 24.7 Å². The summed E-state index contributed by atoms with van der Waals surface area (Å²) < 4.78 is 5.65. The van der Waals surface area contributed by atoms with Gasteiger partial charge in [-0.2, -0.15) is 0 Å². The van der Waals surface area contributed by atoms with E-state index in [2.05, 4.69) is 33.0 Å². The summed E-state index contributed by atoms with van der Waals surface area (Å²) in [5.41, 5.74) is 5.83. The van der Waals surface area contributed by atoms with Crippen LogP contribution in [0.3, 0.4) is 0 Å². The number of aryl methyl sites for hydroxylation is 1. The molecule has 1 aromatic heterocycles. The third kappa shape index (κ3) is 4.14. The molecule has 0 radical (unpaired) electrons. The lowest BCUT2D eigenvalue weighted by molar-refractivity contribution is 0.259. The second-order valence-electron chi connectivity index (χ2n) is 5.80. The third-order valence-corrected chi connectivity index (χ3v) is 3.65. The second kappa shape index (κ2) is 6.95. The molecule has 0 aromatic carbocycles. The predicted molar refractivity (Wildman–Crippen MR) is 76.4 cm³/mol. The Balaban J connectivity index is 2.59. The zero-order valence-corrected chi connectivity index (χ0v) is 12.4. The average molecular weight is 252 g/mol. The van der Waals surface area contributed by atoms with E-state index in [1.165, 1.54) is 0 Å². The van der Waals surface area contributed by atoms with Gasteiger partial charge in [-0.1, -0.05) is 27.7 Å². The van der Waals surface area contributed by atoms with Crippen molar-refractivity contribution in [2.45, 2.75) is 40.7 Å². The standard InChI is InChI=1S/C15H28N2O/c1-10(2)13(11(3)4)9-17-14(8-16)15-7-6-12(5)18-15/h6-7,10-11,13-14,17H,8-9,16H2,1-5H3. The molecular weight excluding hydrogens is 224 g/mol. The molecule has 3 heteroatoms. The van der Waals surface area contributed by atoms with Crippen molar-refractivity contribution in [1.29, 1.82) is 0 Å². The topological polar surface area (TPSA) is 51.2 Å². The summed E-state index contributed by atoms with van der Waals surface area (Å²) in [7, 11) is 0. The number of hydrogen-bond acceptors (Lipinski definition) is 3. The minimum Gasteiger partial charge on any atom is -0.465 e. The Morgan fingerprint density at radius 2 is 1.78 bits per heavy atom. The molecule has 0 aliphatic carbocycles. The fourth-order valence-corrected chi connectivity index (χ4v) is 2.46. The van der Waals surface area contributed by atoms with E-state index in [4.69, 9.17) is 10.2 Å². The predicted octanol–water partition coefficient (Wildman–Crippen LogP) is 3.11. The largest absolute Gasteiger partial charge is 0.465 e. The van der Waals surface area contributed by atoms with Crippen LogP contribution in [-0.4, -0.2) is 13.1 Å². The first-order valence-electron chi connectivity index (χ1n) is 6.95. The molecular formula is C15H28N2O. The Bertz CT molecular complexity index is 336. The van der Waals surface area contributed by atoms with E-state index in [-0.39, 0.29) is 6.04 Å². The fraction of sp³-hybridized carbons (Fsp3) is 0.733. The van der Waals surface area contributed by atoms with Gasteiger partial charge in [0.05, 0.1) is 6.04 Å². The van der Waals surface area contributed by atoms with Crippen LogP contribution in [-0.2, 0) is 0 Å². The number of nitrogens with two attached hydrogens (primary N) is 1.